The molecule has 0 atom stereocenters. The third-order valence-corrected chi connectivity index (χ3v) is 2.94. The Bertz CT molecular complexity index is 587. The zero-order valence-corrected chi connectivity index (χ0v) is 9.14. The van der Waals surface area contributed by atoms with Crippen LogP contribution in [-0.4, -0.2) is 22.0 Å². The lowest BCUT2D eigenvalue weighted by Crippen LogP contribution is -2.40. The van der Waals surface area contributed by atoms with Gasteiger partial charge in [-0.1, -0.05) is 12.1 Å². The van der Waals surface area contributed by atoms with Crippen molar-refractivity contribution < 1.29 is 9.59 Å². The highest BCUT2D eigenvalue weighted by Crippen LogP contribution is 2.27. The average Bonchev–Trinajstić information content (AvgIpc) is 2.73. The molecule has 0 bridgehead atoms. The molecule has 1 N–H and O–H groups in total. The molecule has 1 saturated heterocycles. The zero-order valence-electron chi connectivity index (χ0n) is 9.14. The molecule has 1 aliphatic heterocycles. The van der Waals surface area contributed by atoms with E-state index in [4.69, 9.17) is 0 Å². The van der Waals surface area contributed by atoms with Crippen LogP contribution in [0, 0.1) is 0 Å². The van der Waals surface area contributed by atoms with E-state index >= 15 is 0 Å². The molecule has 0 unspecified atom stereocenters. The molecule has 3 rings (SSSR count). The van der Waals surface area contributed by atoms with E-state index in [1.54, 1.807) is 0 Å². The van der Waals surface area contributed by atoms with Crippen molar-refractivity contribution in [1.29, 1.82) is 0 Å². The number of H-pyrrole nitrogens is 1. The average molecular weight is 229 g/mol. The fraction of sp³-hybridized carbons (Fsp3) is 0.250. The smallest absolute Gasteiger partial charge is 0.235 e. The van der Waals surface area contributed by atoms with Crippen LogP contribution in [0.4, 0.5) is 5.82 Å². The molecule has 5 nitrogen and oxygen atoms in total. The van der Waals surface area contributed by atoms with Crippen molar-refractivity contribution in [3.8, 4) is 0 Å². The first-order chi connectivity index (χ1) is 8.27. The number of carbonyl (C=O) groups is 2. The molecule has 5 heteroatoms. The number of aromatic nitrogens is 2. The van der Waals surface area contributed by atoms with E-state index in [9.17, 15) is 9.59 Å². The second-order valence-corrected chi connectivity index (χ2v) is 4.07. The quantitative estimate of drug-likeness (QED) is 0.755. The van der Waals surface area contributed by atoms with Crippen LogP contribution in [0.15, 0.2) is 24.3 Å². The molecular formula is C12H11N3O2. The molecule has 1 aliphatic rings. The monoisotopic (exact) mass is 229 g/mol. The van der Waals surface area contributed by atoms with Gasteiger partial charge >= 0.3 is 0 Å². The standard InChI is InChI=1S/C12H11N3O2/c16-10-6-3-7-11(17)15(10)12-8-4-1-2-5-9(8)13-14-12/h1-2,4-5H,3,6-7H2,(H,13,14). The second-order valence-electron chi connectivity index (χ2n) is 4.07. The van der Waals surface area contributed by atoms with Gasteiger partial charge in [0.1, 0.15) is 0 Å². The highest BCUT2D eigenvalue weighted by Gasteiger charge is 2.30. The fourth-order valence-electron chi connectivity index (χ4n) is 2.11. The number of para-hydroxylation sites is 1. The van der Waals surface area contributed by atoms with Crippen molar-refractivity contribution in [2.45, 2.75) is 19.3 Å². The number of nitrogens with zero attached hydrogens (tertiary/aromatic N) is 2. The number of imide groups is 1. The van der Waals surface area contributed by atoms with Crippen LogP contribution in [-0.2, 0) is 9.59 Å². The summed E-state index contributed by atoms with van der Waals surface area (Å²) in [4.78, 5) is 24.8. The van der Waals surface area contributed by atoms with Crippen LogP contribution in [0.5, 0.6) is 0 Å². The molecule has 0 radical (unpaired) electrons. The van der Waals surface area contributed by atoms with Crippen LogP contribution in [0.2, 0.25) is 0 Å². The molecule has 0 spiro atoms. The molecule has 0 aliphatic carbocycles. The predicted octanol–water partition coefficient (Wildman–Crippen LogP) is 1.61. The van der Waals surface area contributed by atoms with Gasteiger partial charge in [0.05, 0.1) is 5.52 Å². The van der Waals surface area contributed by atoms with Crippen LogP contribution >= 0.6 is 0 Å². The maximum Gasteiger partial charge on any atom is 0.235 e. The lowest BCUT2D eigenvalue weighted by atomic mass is 10.1. The van der Waals surface area contributed by atoms with E-state index in [-0.39, 0.29) is 11.8 Å². The number of aromatic amines is 1. The number of hydrogen-bond acceptors (Lipinski definition) is 3. The molecule has 2 aromatic rings. The Labute approximate surface area is 97.4 Å². The molecule has 2 heterocycles. The van der Waals surface area contributed by atoms with Crippen LogP contribution in [0.1, 0.15) is 19.3 Å². The van der Waals surface area contributed by atoms with Gasteiger partial charge in [0.25, 0.3) is 0 Å². The number of piperidine rings is 1. The van der Waals surface area contributed by atoms with Gasteiger partial charge in [0.15, 0.2) is 5.82 Å². The number of anilines is 1. The van der Waals surface area contributed by atoms with E-state index < -0.39 is 0 Å². The number of hydrogen-bond donors (Lipinski definition) is 1. The van der Waals surface area contributed by atoms with Crippen molar-refractivity contribution in [2.75, 3.05) is 4.90 Å². The molecule has 0 saturated carbocycles. The van der Waals surface area contributed by atoms with E-state index in [1.807, 2.05) is 24.3 Å². The lowest BCUT2D eigenvalue weighted by Gasteiger charge is -2.22. The van der Waals surface area contributed by atoms with Crippen molar-refractivity contribution in [1.82, 2.24) is 10.2 Å². The van der Waals surface area contributed by atoms with Crippen LogP contribution < -0.4 is 4.90 Å². The molecule has 17 heavy (non-hydrogen) atoms. The summed E-state index contributed by atoms with van der Waals surface area (Å²) in [5.74, 6) is 0.0901. The Morgan fingerprint density at radius 3 is 2.59 bits per heavy atom. The molecule has 86 valence electrons. The van der Waals surface area contributed by atoms with Gasteiger partial charge in [-0.3, -0.25) is 14.7 Å². The molecule has 1 aromatic carbocycles. The summed E-state index contributed by atoms with van der Waals surface area (Å²) >= 11 is 0. The summed E-state index contributed by atoms with van der Waals surface area (Å²) in [6.07, 6.45) is 1.45. The highest BCUT2D eigenvalue weighted by atomic mass is 16.2. The van der Waals surface area contributed by atoms with E-state index in [1.165, 1.54) is 4.90 Å². The Balaban J connectivity index is 2.14. The van der Waals surface area contributed by atoms with Gasteiger partial charge < -0.3 is 0 Å². The third kappa shape index (κ3) is 1.51. The van der Waals surface area contributed by atoms with E-state index in [0.29, 0.717) is 25.1 Å². The van der Waals surface area contributed by atoms with Crippen LogP contribution in [0.3, 0.4) is 0 Å². The Morgan fingerprint density at radius 2 is 1.82 bits per heavy atom. The maximum atomic E-state index is 11.8. The number of nitrogens with one attached hydrogen (secondary N) is 1. The number of amides is 2. The third-order valence-electron chi connectivity index (χ3n) is 2.94. The predicted molar refractivity (Wildman–Crippen MR) is 62.4 cm³/mol. The number of benzene rings is 1. The highest BCUT2D eigenvalue weighted by molar-refractivity contribution is 6.19. The minimum Gasteiger partial charge on any atom is -0.276 e. The van der Waals surface area contributed by atoms with Crippen molar-refractivity contribution in [2.24, 2.45) is 0 Å². The molecule has 1 aromatic heterocycles. The summed E-state index contributed by atoms with van der Waals surface area (Å²) in [6, 6.07) is 7.46. The minimum atomic E-state index is -0.168. The van der Waals surface area contributed by atoms with E-state index in [2.05, 4.69) is 10.2 Å². The van der Waals surface area contributed by atoms with Gasteiger partial charge in [-0.05, 0) is 18.6 Å². The number of rotatable bonds is 1. The summed E-state index contributed by atoms with van der Waals surface area (Å²) in [7, 11) is 0. The van der Waals surface area contributed by atoms with E-state index in [0.717, 1.165) is 10.9 Å². The number of fused-ring (bicyclic) bond motifs is 1. The molecule has 1 fully saturated rings. The van der Waals surface area contributed by atoms with Gasteiger partial charge in [0.2, 0.25) is 11.8 Å². The van der Waals surface area contributed by atoms with Crippen molar-refractivity contribution in [3.63, 3.8) is 0 Å². The number of carbonyl (C=O) groups excluding carboxylic acids is 2. The maximum absolute atomic E-state index is 11.8. The summed E-state index contributed by atoms with van der Waals surface area (Å²) in [5.41, 5.74) is 0.827. The second kappa shape index (κ2) is 3.69. The Kier molecular flexibility index (Phi) is 2.18. The Hall–Kier alpha value is -2.17. The van der Waals surface area contributed by atoms with Crippen molar-refractivity contribution >= 4 is 28.5 Å². The van der Waals surface area contributed by atoms with Gasteiger partial charge in [0, 0.05) is 18.2 Å². The van der Waals surface area contributed by atoms with Crippen LogP contribution in [0.25, 0.3) is 10.9 Å². The summed E-state index contributed by atoms with van der Waals surface area (Å²) in [5, 5.41) is 7.71. The fourth-order valence-corrected chi connectivity index (χ4v) is 2.11. The molecular weight excluding hydrogens is 218 g/mol. The first-order valence-corrected chi connectivity index (χ1v) is 5.56. The van der Waals surface area contributed by atoms with Gasteiger partial charge in [-0.25, -0.2) is 4.90 Å². The SMILES string of the molecule is O=C1CCCC(=O)N1c1n[nH]c2ccccc12. The first-order valence-electron chi connectivity index (χ1n) is 5.56. The topological polar surface area (TPSA) is 66.1 Å². The minimum absolute atomic E-state index is 0.168. The normalized spacial score (nSPS) is 16.8. The zero-order chi connectivity index (χ0) is 11.8. The molecule has 2 amide bonds. The lowest BCUT2D eigenvalue weighted by molar-refractivity contribution is -0.129. The van der Waals surface area contributed by atoms with Crippen molar-refractivity contribution in [3.05, 3.63) is 24.3 Å². The largest absolute Gasteiger partial charge is 0.276 e. The first kappa shape index (κ1) is 10.0. The van der Waals surface area contributed by atoms with Gasteiger partial charge in [-0.15, -0.1) is 0 Å². The summed E-state index contributed by atoms with van der Waals surface area (Å²) < 4.78 is 0. The Morgan fingerprint density at radius 1 is 1.12 bits per heavy atom. The summed E-state index contributed by atoms with van der Waals surface area (Å²) in [6.45, 7) is 0. The van der Waals surface area contributed by atoms with Gasteiger partial charge in [-0.2, -0.15) is 5.10 Å².